The van der Waals surface area contributed by atoms with Gasteiger partial charge in [-0.15, -0.1) is 0 Å². The minimum Gasteiger partial charge on any atom is -0.490 e. The predicted molar refractivity (Wildman–Crippen MR) is 86.0 cm³/mol. The van der Waals surface area contributed by atoms with Crippen LogP contribution < -0.4 is 10.5 Å². The van der Waals surface area contributed by atoms with Gasteiger partial charge in [-0.2, -0.15) is 0 Å². The molecule has 0 atom stereocenters. The lowest BCUT2D eigenvalue weighted by molar-refractivity contribution is -0.385. The van der Waals surface area contributed by atoms with E-state index >= 15 is 0 Å². The molecule has 0 aliphatic heterocycles. The molecule has 0 aromatic heterocycles. The van der Waals surface area contributed by atoms with Gasteiger partial charge in [-0.1, -0.05) is 18.2 Å². The van der Waals surface area contributed by atoms with Crippen LogP contribution in [0, 0.1) is 10.1 Å². The second-order valence-corrected chi connectivity index (χ2v) is 4.67. The molecule has 0 radical (unpaired) electrons. The van der Waals surface area contributed by atoms with Crippen LogP contribution in [-0.4, -0.2) is 23.1 Å². The Bertz CT molecular complexity index is 782. The fourth-order valence-electron chi connectivity index (χ4n) is 2.04. The molecule has 3 N–H and O–H groups in total. The van der Waals surface area contributed by atoms with Crippen molar-refractivity contribution >= 4 is 29.0 Å². The van der Waals surface area contributed by atoms with E-state index in [1.807, 2.05) is 0 Å². The third kappa shape index (κ3) is 3.65. The molecule has 0 bridgehead atoms. The highest BCUT2D eigenvalue weighted by molar-refractivity contribution is 6.20. The van der Waals surface area contributed by atoms with Crippen LogP contribution in [0.5, 0.6) is 5.75 Å². The van der Waals surface area contributed by atoms with Gasteiger partial charge in [-0.3, -0.25) is 10.1 Å². The first kappa shape index (κ1) is 16.0. The molecule has 0 amide bonds. The first-order valence-corrected chi connectivity index (χ1v) is 6.55. The second kappa shape index (κ2) is 6.61. The first-order valence-electron chi connectivity index (χ1n) is 6.55. The Labute approximate surface area is 131 Å². The maximum absolute atomic E-state index is 11.5. The van der Waals surface area contributed by atoms with E-state index in [9.17, 15) is 20.0 Å². The summed E-state index contributed by atoms with van der Waals surface area (Å²) in [7, 11) is 1.33. The molecule has 2 rings (SSSR count). The number of aliphatic carboxylic acids is 1. The number of carboxylic acid groups (broad SMARTS) is 1. The minimum atomic E-state index is -1.15. The van der Waals surface area contributed by atoms with Gasteiger partial charge < -0.3 is 15.6 Å². The van der Waals surface area contributed by atoms with Crippen molar-refractivity contribution in [1.82, 2.24) is 0 Å². The number of carboxylic acids is 1. The van der Waals surface area contributed by atoms with Gasteiger partial charge in [0.15, 0.2) is 5.75 Å². The number of hydrogen-bond donors (Lipinski definition) is 2. The number of hydrogen-bond acceptors (Lipinski definition) is 5. The predicted octanol–water partition coefficient (Wildman–Crippen LogP) is 2.81. The molecule has 7 nitrogen and oxygen atoms in total. The van der Waals surface area contributed by atoms with Crippen LogP contribution >= 0.6 is 0 Å². The Morgan fingerprint density at radius 3 is 2.43 bits per heavy atom. The molecule has 0 unspecified atom stereocenters. The van der Waals surface area contributed by atoms with E-state index < -0.39 is 10.9 Å². The minimum absolute atomic E-state index is 0.00413. The first-order chi connectivity index (χ1) is 10.9. The molecule has 0 saturated heterocycles. The molecule has 23 heavy (non-hydrogen) atoms. The van der Waals surface area contributed by atoms with E-state index in [1.165, 1.54) is 25.3 Å². The smallest absolute Gasteiger partial charge is 0.336 e. The van der Waals surface area contributed by atoms with Gasteiger partial charge in [0.05, 0.1) is 17.6 Å². The number of benzene rings is 2. The molecule has 0 aliphatic rings. The zero-order valence-electron chi connectivity index (χ0n) is 12.2. The standard InChI is InChI=1S/C16H14N2O5/c1-23-15-7-2-10(9-14(15)18(21)22)8-13(16(19)20)11-3-5-12(17)6-4-11/h2-9H,17H2,1H3,(H,19,20)/b13-8-. The summed E-state index contributed by atoms with van der Waals surface area (Å²) in [6.07, 6.45) is 1.36. The van der Waals surface area contributed by atoms with E-state index in [1.54, 1.807) is 30.3 Å². The van der Waals surface area contributed by atoms with Crippen molar-refractivity contribution in [3.05, 3.63) is 63.7 Å². The molecule has 0 saturated carbocycles. The number of nitrogens with two attached hydrogens (primary N) is 1. The van der Waals surface area contributed by atoms with E-state index in [0.29, 0.717) is 16.8 Å². The Morgan fingerprint density at radius 2 is 1.91 bits per heavy atom. The molecule has 0 fully saturated rings. The van der Waals surface area contributed by atoms with Crippen molar-refractivity contribution in [2.45, 2.75) is 0 Å². The Kier molecular flexibility index (Phi) is 4.61. The highest BCUT2D eigenvalue weighted by atomic mass is 16.6. The maximum Gasteiger partial charge on any atom is 0.336 e. The number of nitro benzene ring substituents is 1. The summed E-state index contributed by atoms with van der Waals surface area (Å²) in [5.41, 5.74) is 6.70. The molecular formula is C16H14N2O5. The van der Waals surface area contributed by atoms with Gasteiger partial charge in [0.25, 0.3) is 0 Å². The summed E-state index contributed by atoms with van der Waals surface area (Å²) >= 11 is 0. The summed E-state index contributed by atoms with van der Waals surface area (Å²) in [5.74, 6) is -1.04. The quantitative estimate of drug-likeness (QED) is 0.288. The van der Waals surface area contributed by atoms with Crippen LogP contribution in [0.4, 0.5) is 11.4 Å². The average molecular weight is 314 g/mol. The van der Waals surface area contributed by atoms with Crippen molar-refractivity contribution in [3.63, 3.8) is 0 Å². The molecule has 0 aliphatic carbocycles. The van der Waals surface area contributed by atoms with Crippen LogP contribution in [0.3, 0.4) is 0 Å². The van der Waals surface area contributed by atoms with Gasteiger partial charge in [0, 0.05) is 11.8 Å². The van der Waals surface area contributed by atoms with Crippen molar-refractivity contribution in [1.29, 1.82) is 0 Å². The van der Waals surface area contributed by atoms with Crippen molar-refractivity contribution < 1.29 is 19.6 Å². The number of nitro groups is 1. The summed E-state index contributed by atoms with van der Waals surface area (Å²) in [5, 5.41) is 20.4. The number of ether oxygens (including phenoxy) is 1. The lowest BCUT2D eigenvalue weighted by Gasteiger charge is -2.05. The normalized spacial score (nSPS) is 11.1. The Balaban J connectivity index is 2.52. The molecule has 118 valence electrons. The number of anilines is 1. The Hall–Kier alpha value is -3.35. The summed E-state index contributed by atoms with van der Waals surface area (Å²) in [6.45, 7) is 0. The average Bonchev–Trinajstić information content (AvgIpc) is 2.53. The summed E-state index contributed by atoms with van der Waals surface area (Å²) in [4.78, 5) is 21.9. The van der Waals surface area contributed by atoms with E-state index in [-0.39, 0.29) is 17.0 Å². The monoisotopic (exact) mass is 314 g/mol. The lowest BCUT2D eigenvalue weighted by Crippen LogP contribution is -2.00. The van der Waals surface area contributed by atoms with Crippen LogP contribution in [0.2, 0.25) is 0 Å². The molecule has 7 heteroatoms. The highest BCUT2D eigenvalue weighted by Crippen LogP contribution is 2.29. The van der Waals surface area contributed by atoms with Crippen molar-refractivity contribution in [3.8, 4) is 5.75 Å². The van der Waals surface area contributed by atoms with Gasteiger partial charge in [0.1, 0.15) is 0 Å². The number of carbonyl (C=O) groups is 1. The zero-order valence-corrected chi connectivity index (χ0v) is 12.2. The summed E-state index contributed by atoms with van der Waals surface area (Å²) < 4.78 is 4.92. The largest absolute Gasteiger partial charge is 0.490 e. The topological polar surface area (TPSA) is 116 Å². The molecule has 2 aromatic rings. The lowest BCUT2D eigenvalue weighted by atomic mass is 10.0. The van der Waals surface area contributed by atoms with Gasteiger partial charge >= 0.3 is 11.7 Å². The van der Waals surface area contributed by atoms with Crippen molar-refractivity contribution in [2.75, 3.05) is 12.8 Å². The number of nitrogens with zero attached hydrogens (tertiary/aromatic N) is 1. The Morgan fingerprint density at radius 1 is 1.26 bits per heavy atom. The number of rotatable bonds is 5. The number of nitrogen functional groups attached to an aromatic ring is 1. The zero-order chi connectivity index (χ0) is 17.0. The van der Waals surface area contributed by atoms with Gasteiger partial charge in [-0.25, -0.2) is 4.79 Å². The van der Waals surface area contributed by atoms with E-state index in [4.69, 9.17) is 10.5 Å². The fourth-order valence-corrected chi connectivity index (χ4v) is 2.04. The van der Waals surface area contributed by atoms with E-state index in [0.717, 1.165) is 0 Å². The molecule has 0 spiro atoms. The SMILES string of the molecule is COc1ccc(/C=C(\C(=O)O)c2ccc(N)cc2)cc1[N+](=O)[O-]. The highest BCUT2D eigenvalue weighted by Gasteiger charge is 2.16. The third-order valence-electron chi connectivity index (χ3n) is 3.16. The van der Waals surface area contributed by atoms with Crippen molar-refractivity contribution in [2.24, 2.45) is 0 Å². The van der Waals surface area contributed by atoms with Crippen LogP contribution in [-0.2, 0) is 4.79 Å². The molecule has 0 heterocycles. The maximum atomic E-state index is 11.5. The third-order valence-corrected chi connectivity index (χ3v) is 3.16. The van der Waals surface area contributed by atoms with Gasteiger partial charge in [-0.05, 0) is 35.4 Å². The molecule has 2 aromatic carbocycles. The van der Waals surface area contributed by atoms with Crippen LogP contribution in [0.15, 0.2) is 42.5 Å². The molecular weight excluding hydrogens is 300 g/mol. The summed E-state index contributed by atoms with van der Waals surface area (Å²) in [6, 6.07) is 10.6. The number of methoxy groups -OCH3 is 1. The van der Waals surface area contributed by atoms with E-state index in [2.05, 4.69) is 0 Å². The second-order valence-electron chi connectivity index (χ2n) is 4.67. The fraction of sp³-hybridized carbons (Fsp3) is 0.0625. The van der Waals surface area contributed by atoms with Crippen LogP contribution in [0.25, 0.3) is 11.6 Å². The van der Waals surface area contributed by atoms with Gasteiger partial charge in [0.2, 0.25) is 0 Å². The van der Waals surface area contributed by atoms with Crippen LogP contribution in [0.1, 0.15) is 11.1 Å².